The van der Waals surface area contributed by atoms with Gasteiger partial charge in [-0.05, 0) is 25.0 Å². The predicted molar refractivity (Wildman–Crippen MR) is 63.2 cm³/mol. The topological polar surface area (TPSA) is 87.3 Å². The maximum atomic E-state index is 11.5. The zero-order valence-electron chi connectivity index (χ0n) is 9.60. The third-order valence-corrected chi connectivity index (χ3v) is 2.44. The fourth-order valence-corrected chi connectivity index (χ4v) is 1.31. The van der Waals surface area contributed by atoms with E-state index in [-0.39, 0.29) is 6.04 Å². The third kappa shape index (κ3) is 3.31. The van der Waals surface area contributed by atoms with Crippen LogP contribution in [0.2, 0.25) is 0 Å². The summed E-state index contributed by atoms with van der Waals surface area (Å²) in [5.41, 5.74) is 4.64. The van der Waals surface area contributed by atoms with Crippen LogP contribution in [-0.2, 0) is 9.59 Å². The minimum atomic E-state index is -0.869. The molecule has 0 saturated heterocycles. The van der Waals surface area contributed by atoms with Crippen molar-refractivity contribution >= 4 is 17.7 Å². The normalized spacial score (nSPS) is 13.6. The maximum Gasteiger partial charge on any atom is 0.327 e. The number of carbonyl (C=O) groups excluding carboxylic acids is 3. The lowest BCUT2D eigenvalue weighted by atomic mass is 10.2. The molecule has 0 atom stereocenters. The lowest BCUT2D eigenvalue weighted by Gasteiger charge is -2.07. The standard InChI is InChI=1S/C12H13N3O3/c16-10(8-4-2-1-3-5-8)14-15-12(18)11(17)13-9-6-7-9/h1-5,9H,6-7H2,(H,13,17)(H,14,16)(H,15,18). The fourth-order valence-electron chi connectivity index (χ4n) is 1.31. The molecule has 94 valence electrons. The Bertz CT molecular complexity index is 469. The molecule has 1 saturated carbocycles. The van der Waals surface area contributed by atoms with Crippen molar-refractivity contribution < 1.29 is 14.4 Å². The number of hydrazine groups is 1. The summed E-state index contributed by atoms with van der Waals surface area (Å²) in [6.07, 6.45) is 1.80. The zero-order valence-corrected chi connectivity index (χ0v) is 9.60. The second-order valence-electron chi connectivity index (χ2n) is 4.02. The number of hydrogen-bond donors (Lipinski definition) is 3. The second kappa shape index (κ2) is 5.31. The van der Waals surface area contributed by atoms with Gasteiger partial charge in [0, 0.05) is 11.6 Å². The van der Waals surface area contributed by atoms with Crippen molar-refractivity contribution in [1.82, 2.24) is 16.2 Å². The van der Waals surface area contributed by atoms with Crippen LogP contribution < -0.4 is 16.2 Å². The highest BCUT2D eigenvalue weighted by Gasteiger charge is 2.26. The van der Waals surface area contributed by atoms with Crippen molar-refractivity contribution in [3.63, 3.8) is 0 Å². The number of amides is 3. The summed E-state index contributed by atoms with van der Waals surface area (Å²) in [6, 6.07) is 8.50. The summed E-state index contributed by atoms with van der Waals surface area (Å²) in [7, 11) is 0. The van der Waals surface area contributed by atoms with Crippen LogP contribution in [0.3, 0.4) is 0 Å². The summed E-state index contributed by atoms with van der Waals surface area (Å²) in [6.45, 7) is 0. The molecule has 2 rings (SSSR count). The molecular formula is C12H13N3O3. The average molecular weight is 247 g/mol. The molecule has 0 aromatic heterocycles. The summed E-state index contributed by atoms with van der Waals surface area (Å²) in [4.78, 5) is 34.1. The summed E-state index contributed by atoms with van der Waals surface area (Å²) in [5.74, 6) is -2.07. The lowest BCUT2D eigenvalue weighted by Crippen LogP contribution is -2.48. The first-order chi connectivity index (χ1) is 8.66. The van der Waals surface area contributed by atoms with Crippen LogP contribution in [0, 0.1) is 0 Å². The monoisotopic (exact) mass is 247 g/mol. The van der Waals surface area contributed by atoms with Gasteiger partial charge in [0.1, 0.15) is 0 Å². The molecule has 1 fully saturated rings. The minimum absolute atomic E-state index is 0.105. The molecule has 0 heterocycles. The highest BCUT2D eigenvalue weighted by atomic mass is 16.2. The smallest absolute Gasteiger partial charge is 0.327 e. The van der Waals surface area contributed by atoms with E-state index in [1.165, 1.54) is 0 Å². The molecule has 3 amide bonds. The molecule has 0 spiro atoms. The van der Waals surface area contributed by atoms with E-state index in [9.17, 15) is 14.4 Å². The maximum absolute atomic E-state index is 11.5. The van der Waals surface area contributed by atoms with Gasteiger partial charge in [-0.25, -0.2) is 0 Å². The molecule has 0 unspecified atom stereocenters. The van der Waals surface area contributed by atoms with Crippen LogP contribution in [-0.4, -0.2) is 23.8 Å². The Kier molecular flexibility index (Phi) is 3.57. The van der Waals surface area contributed by atoms with Crippen LogP contribution in [0.4, 0.5) is 0 Å². The molecule has 3 N–H and O–H groups in total. The molecule has 18 heavy (non-hydrogen) atoms. The molecule has 6 nitrogen and oxygen atoms in total. The highest BCUT2D eigenvalue weighted by molar-refractivity contribution is 6.35. The number of hydrogen-bond acceptors (Lipinski definition) is 3. The largest absolute Gasteiger partial charge is 0.345 e. The van der Waals surface area contributed by atoms with Crippen molar-refractivity contribution in [3.05, 3.63) is 35.9 Å². The molecule has 1 aromatic carbocycles. The van der Waals surface area contributed by atoms with Crippen molar-refractivity contribution in [1.29, 1.82) is 0 Å². The number of nitrogens with one attached hydrogen (secondary N) is 3. The van der Waals surface area contributed by atoms with Crippen LogP contribution in [0.1, 0.15) is 23.2 Å². The van der Waals surface area contributed by atoms with E-state index in [2.05, 4.69) is 16.2 Å². The van der Waals surface area contributed by atoms with Crippen LogP contribution in [0.25, 0.3) is 0 Å². The van der Waals surface area contributed by atoms with Gasteiger partial charge in [-0.1, -0.05) is 18.2 Å². The fraction of sp³-hybridized carbons (Fsp3) is 0.250. The van der Waals surface area contributed by atoms with Gasteiger partial charge in [-0.2, -0.15) is 0 Å². The number of benzene rings is 1. The first-order valence-corrected chi connectivity index (χ1v) is 5.63. The van der Waals surface area contributed by atoms with Crippen LogP contribution in [0.15, 0.2) is 30.3 Å². The van der Waals surface area contributed by atoms with E-state index in [0.29, 0.717) is 5.56 Å². The highest BCUT2D eigenvalue weighted by Crippen LogP contribution is 2.18. The second-order valence-corrected chi connectivity index (χ2v) is 4.02. The van der Waals surface area contributed by atoms with E-state index < -0.39 is 17.7 Å². The van der Waals surface area contributed by atoms with Crippen molar-refractivity contribution in [2.45, 2.75) is 18.9 Å². The molecule has 1 aliphatic rings. The van der Waals surface area contributed by atoms with Crippen molar-refractivity contribution in [2.75, 3.05) is 0 Å². The van der Waals surface area contributed by atoms with E-state index >= 15 is 0 Å². The summed E-state index contributed by atoms with van der Waals surface area (Å²) >= 11 is 0. The molecule has 1 aromatic rings. The first kappa shape index (κ1) is 12.1. The Balaban J connectivity index is 1.78. The SMILES string of the molecule is O=C(NNC(=O)c1ccccc1)C(=O)NC1CC1. The van der Waals surface area contributed by atoms with Gasteiger partial charge in [0.05, 0.1) is 0 Å². The van der Waals surface area contributed by atoms with Crippen LogP contribution >= 0.6 is 0 Å². The van der Waals surface area contributed by atoms with Gasteiger partial charge in [0.15, 0.2) is 0 Å². The molecule has 6 heteroatoms. The van der Waals surface area contributed by atoms with Gasteiger partial charge >= 0.3 is 11.8 Å². The van der Waals surface area contributed by atoms with Gasteiger partial charge in [0.25, 0.3) is 5.91 Å². The third-order valence-electron chi connectivity index (χ3n) is 2.44. The molecule has 1 aliphatic carbocycles. The molecule has 0 radical (unpaired) electrons. The van der Waals surface area contributed by atoms with Crippen molar-refractivity contribution in [3.8, 4) is 0 Å². The quantitative estimate of drug-likeness (QED) is 0.496. The summed E-state index contributed by atoms with van der Waals surface area (Å²) in [5, 5.41) is 2.51. The van der Waals surface area contributed by atoms with Gasteiger partial charge in [0.2, 0.25) is 0 Å². The Morgan fingerprint density at radius 3 is 2.22 bits per heavy atom. The van der Waals surface area contributed by atoms with E-state index in [1.807, 2.05) is 0 Å². The zero-order chi connectivity index (χ0) is 13.0. The minimum Gasteiger partial charge on any atom is -0.345 e. The molecular weight excluding hydrogens is 234 g/mol. The summed E-state index contributed by atoms with van der Waals surface area (Å²) < 4.78 is 0. The van der Waals surface area contributed by atoms with E-state index in [1.54, 1.807) is 30.3 Å². The predicted octanol–water partition coefficient (Wildman–Crippen LogP) is -0.274. The molecule has 0 bridgehead atoms. The first-order valence-electron chi connectivity index (χ1n) is 5.63. The Morgan fingerprint density at radius 1 is 0.944 bits per heavy atom. The Morgan fingerprint density at radius 2 is 1.61 bits per heavy atom. The van der Waals surface area contributed by atoms with E-state index in [0.717, 1.165) is 12.8 Å². The Hall–Kier alpha value is -2.37. The van der Waals surface area contributed by atoms with Gasteiger partial charge < -0.3 is 5.32 Å². The van der Waals surface area contributed by atoms with Crippen LogP contribution in [0.5, 0.6) is 0 Å². The lowest BCUT2D eigenvalue weighted by molar-refractivity contribution is -0.139. The van der Waals surface area contributed by atoms with E-state index in [4.69, 9.17) is 0 Å². The average Bonchev–Trinajstić information content (AvgIpc) is 3.20. The molecule has 0 aliphatic heterocycles. The van der Waals surface area contributed by atoms with Gasteiger partial charge in [-0.15, -0.1) is 0 Å². The Labute approximate surface area is 104 Å². The number of rotatable bonds is 2. The number of carbonyl (C=O) groups is 3. The van der Waals surface area contributed by atoms with Gasteiger partial charge in [-0.3, -0.25) is 25.2 Å². The van der Waals surface area contributed by atoms with Crippen molar-refractivity contribution in [2.24, 2.45) is 0 Å².